The second kappa shape index (κ2) is 10.2. The van der Waals surface area contributed by atoms with E-state index in [1.165, 1.54) is 6.92 Å². The molecule has 0 saturated heterocycles. The predicted molar refractivity (Wildman–Crippen MR) is 102 cm³/mol. The molecule has 2 N–H and O–H groups in total. The average Bonchev–Trinajstić information content (AvgIpc) is 2.67. The van der Waals surface area contributed by atoms with Crippen LogP contribution < -0.4 is 10.1 Å². The van der Waals surface area contributed by atoms with Crippen LogP contribution in [0.2, 0.25) is 0 Å². The van der Waals surface area contributed by atoms with Crippen molar-refractivity contribution >= 4 is 11.7 Å². The molecule has 1 unspecified atom stereocenters. The van der Waals surface area contributed by atoms with Crippen LogP contribution in [-0.2, 0) is 16.0 Å². The van der Waals surface area contributed by atoms with Crippen LogP contribution >= 0.6 is 0 Å². The second-order valence-electron chi connectivity index (χ2n) is 6.02. The summed E-state index contributed by atoms with van der Waals surface area (Å²) in [6, 6.07) is 14.7. The van der Waals surface area contributed by atoms with Crippen LogP contribution in [0.15, 0.2) is 42.5 Å². The average molecular weight is 368 g/mol. The number of ether oxygens (including phenoxy) is 2. The van der Waals surface area contributed by atoms with Gasteiger partial charge in [-0.25, -0.2) is 0 Å². The lowest BCUT2D eigenvalue weighted by molar-refractivity contribution is -0.145. The molecule has 0 spiro atoms. The standard InChI is InChI=1S/C21H24N2O4/c1-3-4-16-7-10-20(26-12-11-24)19(13-16)21(27-15(2)25)23-18-8-5-17(14-22)6-9-18/h5-10,13,21,23-24H,3-4,11-12H2,1-2H3. The van der Waals surface area contributed by atoms with Gasteiger partial charge in [0, 0.05) is 12.6 Å². The first-order chi connectivity index (χ1) is 13.1. The molecule has 2 aromatic rings. The molecule has 6 heteroatoms. The molecule has 0 heterocycles. The van der Waals surface area contributed by atoms with E-state index in [0.29, 0.717) is 22.6 Å². The third-order valence-electron chi connectivity index (χ3n) is 3.84. The molecule has 0 radical (unpaired) electrons. The number of rotatable bonds is 9. The smallest absolute Gasteiger partial charge is 0.304 e. The molecule has 2 aromatic carbocycles. The summed E-state index contributed by atoms with van der Waals surface area (Å²) in [5.41, 5.74) is 3.02. The van der Waals surface area contributed by atoms with Crippen molar-refractivity contribution in [2.45, 2.75) is 32.9 Å². The molecule has 0 saturated carbocycles. The Morgan fingerprint density at radius 3 is 2.59 bits per heavy atom. The Balaban J connectivity index is 2.38. The molecule has 2 rings (SSSR count). The van der Waals surface area contributed by atoms with Gasteiger partial charge in [0.1, 0.15) is 12.4 Å². The van der Waals surface area contributed by atoms with Crippen LogP contribution in [0.25, 0.3) is 0 Å². The van der Waals surface area contributed by atoms with E-state index in [-0.39, 0.29) is 13.2 Å². The summed E-state index contributed by atoms with van der Waals surface area (Å²) in [5, 5.41) is 21.2. The van der Waals surface area contributed by atoms with Gasteiger partial charge in [-0.05, 0) is 48.4 Å². The van der Waals surface area contributed by atoms with Gasteiger partial charge in [0.2, 0.25) is 6.23 Å². The molecule has 0 amide bonds. The third kappa shape index (κ3) is 6.01. The lowest BCUT2D eigenvalue weighted by Gasteiger charge is -2.23. The number of nitrogens with one attached hydrogen (secondary N) is 1. The van der Waals surface area contributed by atoms with Crippen LogP contribution in [0.1, 0.15) is 43.2 Å². The molecule has 0 fully saturated rings. The summed E-state index contributed by atoms with van der Waals surface area (Å²) in [7, 11) is 0. The molecule has 1 atom stereocenters. The Labute approximate surface area is 159 Å². The molecule has 0 aromatic heterocycles. The molecular weight excluding hydrogens is 344 g/mol. The number of esters is 1. The number of nitriles is 1. The van der Waals surface area contributed by atoms with Gasteiger partial charge in [-0.3, -0.25) is 4.79 Å². The van der Waals surface area contributed by atoms with Gasteiger partial charge >= 0.3 is 5.97 Å². The SMILES string of the molecule is CCCc1ccc(OCCO)c(C(Nc2ccc(C#N)cc2)OC(C)=O)c1. The van der Waals surface area contributed by atoms with Crippen LogP contribution in [-0.4, -0.2) is 24.3 Å². The quantitative estimate of drug-likeness (QED) is 0.519. The van der Waals surface area contributed by atoms with Crippen molar-refractivity contribution in [3.8, 4) is 11.8 Å². The maximum atomic E-state index is 11.7. The van der Waals surface area contributed by atoms with Crippen LogP contribution in [0.5, 0.6) is 5.75 Å². The fraction of sp³-hybridized carbons (Fsp3) is 0.333. The maximum absolute atomic E-state index is 11.7. The molecule has 0 aliphatic heterocycles. The number of anilines is 1. The normalized spacial score (nSPS) is 11.3. The van der Waals surface area contributed by atoms with Crippen molar-refractivity contribution in [2.24, 2.45) is 0 Å². The highest BCUT2D eigenvalue weighted by Gasteiger charge is 2.20. The fourth-order valence-corrected chi connectivity index (χ4v) is 2.66. The summed E-state index contributed by atoms with van der Waals surface area (Å²) in [4.78, 5) is 11.7. The summed E-state index contributed by atoms with van der Waals surface area (Å²) in [6.07, 6.45) is 1.11. The molecule has 27 heavy (non-hydrogen) atoms. The number of carbonyl (C=O) groups excluding carboxylic acids is 1. The van der Waals surface area contributed by atoms with E-state index in [1.54, 1.807) is 24.3 Å². The second-order valence-corrected chi connectivity index (χ2v) is 6.02. The van der Waals surface area contributed by atoms with Crippen molar-refractivity contribution in [3.63, 3.8) is 0 Å². The van der Waals surface area contributed by atoms with Gasteiger partial charge in [0.25, 0.3) is 0 Å². The van der Waals surface area contributed by atoms with Crippen molar-refractivity contribution in [1.82, 2.24) is 0 Å². The number of aliphatic hydroxyl groups is 1. The summed E-state index contributed by atoms with van der Waals surface area (Å²) in [6.45, 7) is 3.47. The fourth-order valence-electron chi connectivity index (χ4n) is 2.66. The highest BCUT2D eigenvalue weighted by atomic mass is 16.6. The molecular formula is C21H24N2O4. The Kier molecular flexibility index (Phi) is 7.65. The largest absolute Gasteiger partial charge is 0.491 e. The van der Waals surface area contributed by atoms with Crippen LogP contribution in [0, 0.1) is 11.3 Å². The lowest BCUT2D eigenvalue weighted by Crippen LogP contribution is -2.19. The van der Waals surface area contributed by atoms with Gasteiger partial charge in [0.15, 0.2) is 0 Å². The lowest BCUT2D eigenvalue weighted by atomic mass is 10.0. The first kappa shape index (κ1) is 20.3. The predicted octanol–water partition coefficient (Wildman–Crippen LogP) is 3.56. The number of aryl methyl sites for hydroxylation is 1. The first-order valence-electron chi connectivity index (χ1n) is 8.87. The topological polar surface area (TPSA) is 91.6 Å². The van der Waals surface area contributed by atoms with Gasteiger partial charge in [-0.1, -0.05) is 19.4 Å². The Hall–Kier alpha value is -3.04. The van der Waals surface area contributed by atoms with Crippen molar-refractivity contribution < 1.29 is 19.4 Å². The zero-order valence-electron chi connectivity index (χ0n) is 15.6. The van der Waals surface area contributed by atoms with Crippen molar-refractivity contribution in [1.29, 1.82) is 5.26 Å². The number of benzene rings is 2. The molecule has 142 valence electrons. The minimum Gasteiger partial charge on any atom is -0.491 e. The first-order valence-corrected chi connectivity index (χ1v) is 8.87. The van der Waals surface area contributed by atoms with E-state index in [9.17, 15) is 4.79 Å². The van der Waals surface area contributed by atoms with E-state index < -0.39 is 12.2 Å². The molecule has 0 aliphatic rings. The van der Waals surface area contributed by atoms with E-state index in [0.717, 1.165) is 18.4 Å². The third-order valence-corrected chi connectivity index (χ3v) is 3.84. The number of hydrogen-bond acceptors (Lipinski definition) is 6. The summed E-state index contributed by atoms with van der Waals surface area (Å²) < 4.78 is 11.1. The van der Waals surface area contributed by atoms with Gasteiger partial charge in [-0.2, -0.15) is 5.26 Å². The number of aliphatic hydroxyl groups excluding tert-OH is 1. The van der Waals surface area contributed by atoms with E-state index in [2.05, 4.69) is 18.3 Å². The van der Waals surface area contributed by atoms with Crippen LogP contribution in [0.3, 0.4) is 0 Å². The Bertz CT molecular complexity index is 797. The maximum Gasteiger partial charge on any atom is 0.304 e. The summed E-state index contributed by atoms with van der Waals surface area (Å²) in [5.74, 6) is 0.103. The number of hydrogen-bond donors (Lipinski definition) is 2. The number of carbonyl (C=O) groups is 1. The van der Waals surface area contributed by atoms with Crippen molar-refractivity contribution in [2.75, 3.05) is 18.5 Å². The zero-order valence-corrected chi connectivity index (χ0v) is 15.6. The minimum absolute atomic E-state index is 0.114. The zero-order chi connectivity index (χ0) is 19.6. The molecule has 0 aliphatic carbocycles. The van der Waals surface area contributed by atoms with Crippen LogP contribution in [0.4, 0.5) is 5.69 Å². The van der Waals surface area contributed by atoms with Crippen molar-refractivity contribution in [3.05, 3.63) is 59.2 Å². The highest BCUT2D eigenvalue weighted by Crippen LogP contribution is 2.31. The monoisotopic (exact) mass is 368 g/mol. The Morgan fingerprint density at radius 2 is 2.00 bits per heavy atom. The molecule has 6 nitrogen and oxygen atoms in total. The Morgan fingerprint density at radius 1 is 1.26 bits per heavy atom. The molecule has 0 bridgehead atoms. The van der Waals surface area contributed by atoms with Gasteiger partial charge < -0.3 is 19.9 Å². The minimum atomic E-state index is -0.763. The van der Waals surface area contributed by atoms with Gasteiger partial charge in [-0.15, -0.1) is 0 Å². The van der Waals surface area contributed by atoms with E-state index in [4.69, 9.17) is 19.8 Å². The van der Waals surface area contributed by atoms with E-state index >= 15 is 0 Å². The summed E-state index contributed by atoms with van der Waals surface area (Å²) >= 11 is 0. The van der Waals surface area contributed by atoms with Gasteiger partial charge in [0.05, 0.1) is 23.8 Å². The van der Waals surface area contributed by atoms with E-state index in [1.807, 2.05) is 18.2 Å². The number of nitrogens with zero attached hydrogens (tertiary/aromatic N) is 1. The highest BCUT2D eigenvalue weighted by molar-refractivity contribution is 5.67.